The molecule has 3 nitrogen and oxygen atoms in total. The lowest BCUT2D eigenvalue weighted by molar-refractivity contribution is 0.188. The van der Waals surface area contributed by atoms with Gasteiger partial charge in [0.25, 0.3) is 0 Å². The topological polar surface area (TPSA) is 34.4 Å². The molecule has 4 heteroatoms. The fraction of sp³-hybridized carbons (Fsp3) is 0.333. The zero-order valence-electron chi connectivity index (χ0n) is 9.11. The van der Waals surface area contributed by atoms with Gasteiger partial charge in [0, 0.05) is 41.3 Å². The summed E-state index contributed by atoms with van der Waals surface area (Å²) in [6.45, 7) is 1.44. The van der Waals surface area contributed by atoms with Gasteiger partial charge in [-0.25, -0.2) is 0 Å². The second kappa shape index (κ2) is 4.87. The fourth-order valence-corrected chi connectivity index (χ4v) is 2.01. The Kier molecular flexibility index (Phi) is 3.49. The highest BCUT2D eigenvalue weighted by Gasteiger charge is 2.07. The maximum absolute atomic E-state index is 9.27. The van der Waals surface area contributed by atoms with Gasteiger partial charge in [0.05, 0.1) is 13.2 Å². The molecular weight excluding hydrogens is 226 g/mol. The maximum atomic E-state index is 9.27. The molecule has 0 amide bonds. The van der Waals surface area contributed by atoms with E-state index in [1.807, 2.05) is 24.4 Å². The normalized spacial score (nSPS) is 11.2. The highest BCUT2D eigenvalue weighted by Crippen LogP contribution is 2.24. The molecule has 0 bridgehead atoms. The van der Waals surface area contributed by atoms with E-state index in [1.165, 1.54) is 0 Å². The Morgan fingerprint density at radius 2 is 2.25 bits per heavy atom. The van der Waals surface area contributed by atoms with Crippen LogP contribution in [0.4, 0.5) is 0 Å². The van der Waals surface area contributed by atoms with Crippen molar-refractivity contribution >= 4 is 22.5 Å². The second-order valence-corrected chi connectivity index (χ2v) is 4.10. The third-order valence-electron chi connectivity index (χ3n) is 2.63. The quantitative estimate of drug-likeness (QED) is 0.889. The number of ether oxygens (including phenoxy) is 1. The summed E-state index contributed by atoms with van der Waals surface area (Å²) in [5.74, 6) is 0. The summed E-state index contributed by atoms with van der Waals surface area (Å²) in [6.07, 6.45) is 1.94. The molecule has 0 unspecified atom stereocenters. The van der Waals surface area contributed by atoms with Crippen molar-refractivity contribution in [3.63, 3.8) is 0 Å². The van der Waals surface area contributed by atoms with Gasteiger partial charge in [-0.1, -0.05) is 17.7 Å². The molecule has 1 heterocycles. The molecule has 0 aliphatic carbocycles. The van der Waals surface area contributed by atoms with Crippen molar-refractivity contribution in [1.29, 1.82) is 0 Å². The lowest BCUT2D eigenvalue weighted by Crippen LogP contribution is -2.02. The molecular formula is C12H14ClNO2. The minimum atomic E-state index is 0.0398. The maximum Gasteiger partial charge on any atom is 0.0702 e. The van der Waals surface area contributed by atoms with E-state index in [1.54, 1.807) is 7.11 Å². The van der Waals surface area contributed by atoms with E-state index in [0.717, 1.165) is 23.0 Å². The van der Waals surface area contributed by atoms with E-state index < -0.39 is 0 Å². The van der Waals surface area contributed by atoms with E-state index in [2.05, 4.69) is 4.57 Å². The molecule has 0 atom stereocenters. The third kappa shape index (κ3) is 2.07. The minimum absolute atomic E-state index is 0.0398. The van der Waals surface area contributed by atoms with Gasteiger partial charge in [-0.2, -0.15) is 0 Å². The lowest BCUT2D eigenvalue weighted by atomic mass is 10.2. The Labute approximate surface area is 99.2 Å². The van der Waals surface area contributed by atoms with Crippen LogP contribution in [0.15, 0.2) is 24.4 Å². The molecule has 0 saturated carbocycles. The average molecular weight is 240 g/mol. The summed E-state index contributed by atoms with van der Waals surface area (Å²) >= 11 is 5.97. The van der Waals surface area contributed by atoms with E-state index in [9.17, 15) is 5.11 Å². The number of halogens is 1. The van der Waals surface area contributed by atoms with Crippen LogP contribution in [0.1, 0.15) is 5.56 Å². The lowest BCUT2D eigenvalue weighted by Gasteiger charge is -2.04. The molecule has 0 saturated heterocycles. The standard InChI is InChI=1S/C12H14ClNO2/c1-16-5-4-14-7-9(8-15)11-3-2-10(13)6-12(11)14/h2-3,6-7,15H,4-5,8H2,1H3. The molecule has 0 aliphatic heterocycles. The largest absolute Gasteiger partial charge is 0.392 e. The van der Waals surface area contributed by atoms with Crippen molar-refractivity contribution in [3.05, 3.63) is 35.0 Å². The van der Waals surface area contributed by atoms with Crippen molar-refractivity contribution in [2.75, 3.05) is 13.7 Å². The zero-order valence-corrected chi connectivity index (χ0v) is 9.87. The van der Waals surface area contributed by atoms with Crippen LogP contribution < -0.4 is 0 Å². The smallest absolute Gasteiger partial charge is 0.0702 e. The van der Waals surface area contributed by atoms with E-state index >= 15 is 0 Å². The van der Waals surface area contributed by atoms with Gasteiger partial charge in [-0.05, 0) is 12.1 Å². The molecule has 1 N–H and O–H groups in total. The van der Waals surface area contributed by atoms with Crippen molar-refractivity contribution in [1.82, 2.24) is 4.57 Å². The number of rotatable bonds is 4. The summed E-state index contributed by atoms with van der Waals surface area (Å²) in [4.78, 5) is 0. The summed E-state index contributed by atoms with van der Waals surface area (Å²) in [7, 11) is 1.67. The molecule has 0 radical (unpaired) electrons. The molecule has 2 rings (SSSR count). The summed E-state index contributed by atoms with van der Waals surface area (Å²) < 4.78 is 7.10. The number of hydrogen-bond donors (Lipinski definition) is 1. The van der Waals surface area contributed by atoms with Crippen LogP contribution in [-0.2, 0) is 17.9 Å². The number of benzene rings is 1. The van der Waals surface area contributed by atoms with Crippen LogP contribution >= 0.6 is 11.6 Å². The van der Waals surface area contributed by atoms with E-state index in [4.69, 9.17) is 16.3 Å². The van der Waals surface area contributed by atoms with Crippen LogP contribution in [0.25, 0.3) is 10.9 Å². The molecule has 0 spiro atoms. The first-order valence-electron chi connectivity index (χ1n) is 5.13. The number of methoxy groups -OCH3 is 1. The van der Waals surface area contributed by atoms with Gasteiger partial charge >= 0.3 is 0 Å². The monoisotopic (exact) mass is 239 g/mol. The van der Waals surface area contributed by atoms with Crippen LogP contribution in [0.5, 0.6) is 0 Å². The number of nitrogens with zero attached hydrogens (tertiary/aromatic N) is 1. The zero-order chi connectivity index (χ0) is 11.5. The van der Waals surface area contributed by atoms with Crippen molar-refractivity contribution in [2.45, 2.75) is 13.2 Å². The highest BCUT2D eigenvalue weighted by atomic mass is 35.5. The number of fused-ring (bicyclic) bond motifs is 1. The first-order chi connectivity index (χ1) is 7.76. The number of hydrogen-bond acceptors (Lipinski definition) is 2. The molecule has 0 fully saturated rings. The molecule has 1 aromatic carbocycles. The van der Waals surface area contributed by atoms with Crippen LogP contribution in [0.2, 0.25) is 5.02 Å². The van der Waals surface area contributed by atoms with Gasteiger partial charge in [-0.3, -0.25) is 0 Å². The molecule has 0 aliphatic rings. The van der Waals surface area contributed by atoms with E-state index in [-0.39, 0.29) is 6.61 Å². The number of aliphatic hydroxyl groups is 1. The summed E-state index contributed by atoms with van der Waals surface area (Å²) in [5, 5.41) is 11.0. The Balaban J connectivity index is 2.50. The van der Waals surface area contributed by atoms with Crippen LogP contribution in [0, 0.1) is 0 Å². The van der Waals surface area contributed by atoms with Crippen molar-refractivity contribution in [3.8, 4) is 0 Å². The first-order valence-corrected chi connectivity index (χ1v) is 5.51. The summed E-state index contributed by atoms with van der Waals surface area (Å²) in [5.41, 5.74) is 1.95. The molecule has 2 aromatic rings. The first kappa shape index (κ1) is 11.5. The highest BCUT2D eigenvalue weighted by molar-refractivity contribution is 6.31. The Bertz CT molecular complexity index is 493. The predicted octanol–water partition coefficient (Wildman–Crippen LogP) is 2.43. The van der Waals surface area contributed by atoms with Gasteiger partial charge in [0.1, 0.15) is 0 Å². The number of aliphatic hydroxyl groups excluding tert-OH is 1. The predicted molar refractivity (Wildman–Crippen MR) is 64.7 cm³/mol. The molecule has 86 valence electrons. The fourth-order valence-electron chi connectivity index (χ4n) is 1.84. The van der Waals surface area contributed by atoms with Gasteiger partial charge in [-0.15, -0.1) is 0 Å². The van der Waals surface area contributed by atoms with Crippen LogP contribution in [0.3, 0.4) is 0 Å². The number of aromatic nitrogens is 1. The Hall–Kier alpha value is -1.03. The Morgan fingerprint density at radius 1 is 1.44 bits per heavy atom. The SMILES string of the molecule is COCCn1cc(CO)c2ccc(Cl)cc21. The summed E-state index contributed by atoms with van der Waals surface area (Å²) in [6, 6.07) is 5.68. The van der Waals surface area contributed by atoms with Gasteiger partial charge in [0.15, 0.2) is 0 Å². The van der Waals surface area contributed by atoms with Crippen LogP contribution in [-0.4, -0.2) is 23.4 Å². The third-order valence-corrected chi connectivity index (χ3v) is 2.87. The average Bonchev–Trinajstić information content (AvgIpc) is 2.64. The molecule has 1 aromatic heterocycles. The van der Waals surface area contributed by atoms with Gasteiger partial charge < -0.3 is 14.4 Å². The second-order valence-electron chi connectivity index (χ2n) is 3.66. The Morgan fingerprint density at radius 3 is 2.94 bits per heavy atom. The van der Waals surface area contributed by atoms with E-state index in [0.29, 0.717) is 11.6 Å². The molecule has 16 heavy (non-hydrogen) atoms. The minimum Gasteiger partial charge on any atom is -0.392 e. The van der Waals surface area contributed by atoms with Crippen molar-refractivity contribution in [2.24, 2.45) is 0 Å². The van der Waals surface area contributed by atoms with Gasteiger partial charge in [0.2, 0.25) is 0 Å². The van der Waals surface area contributed by atoms with Crippen molar-refractivity contribution < 1.29 is 9.84 Å².